The summed E-state index contributed by atoms with van der Waals surface area (Å²) >= 11 is 0. The summed E-state index contributed by atoms with van der Waals surface area (Å²) in [4.78, 5) is 11.1. The van der Waals surface area contributed by atoms with Gasteiger partial charge in [0.15, 0.2) is 0 Å². The van der Waals surface area contributed by atoms with Gasteiger partial charge in [-0.1, -0.05) is 13.8 Å². The van der Waals surface area contributed by atoms with Crippen LogP contribution in [-0.2, 0) is 4.79 Å². The number of nitrogens with two attached hydrogens (primary N) is 1. The number of rotatable bonds is 7. The molecule has 0 spiro atoms. The standard InChI is InChI=1S/C10H21NO/c1-3-6-10(12)8-5-7-9(11)4-2/h9H,3-8,11H2,1-2H3. The Bertz CT molecular complexity index is 123. The molecular formula is C10H21NO. The quantitative estimate of drug-likeness (QED) is 0.638. The highest BCUT2D eigenvalue weighted by Gasteiger charge is 2.02. The second kappa shape index (κ2) is 7.29. The van der Waals surface area contributed by atoms with E-state index in [1.54, 1.807) is 0 Å². The highest BCUT2D eigenvalue weighted by Crippen LogP contribution is 2.04. The zero-order valence-corrected chi connectivity index (χ0v) is 8.31. The Labute approximate surface area is 75.5 Å². The summed E-state index contributed by atoms with van der Waals surface area (Å²) in [5, 5.41) is 0. The van der Waals surface area contributed by atoms with E-state index in [-0.39, 0.29) is 0 Å². The van der Waals surface area contributed by atoms with E-state index in [1.807, 2.05) is 6.92 Å². The van der Waals surface area contributed by atoms with Gasteiger partial charge in [-0.3, -0.25) is 4.79 Å². The largest absolute Gasteiger partial charge is 0.328 e. The maximum Gasteiger partial charge on any atom is 0.132 e. The lowest BCUT2D eigenvalue weighted by Gasteiger charge is -2.06. The molecule has 0 aliphatic carbocycles. The normalized spacial score (nSPS) is 12.9. The molecule has 0 radical (unpaired) electrons. The molecule has 0 heterocycles. The third kappa shape index (κ3) is 6.35. The topological polar surface area (TPSA) is 43.1 Å². The highest BCUT2D eigenvalue weighted by molar-refractivity contribution is 5.78. The minimum Gasteiger partial charge on any atom is -0.328 e. The minimum absolute atomic E-state index is 0.291. The van der Waals surface area contributed by atoms with Crippen LogP contribution in [0.25, 0.3) is 0 Å². The van der Waals surface area contributed by atoms with Crippen molar-refractivity contribution in [2.24, 2.45) is 5.73 Å². The predicted octanol–water partition coefficient (Wildman–Crippen LogP) is 2.26. The lowest BCUT2D eigenvalue weighted by Crippen LogP contribution is -2.18. The second-order valence-corrected chi connectivity index (χ2v) is 3.35. The molecule has 1 unspecified atom stereocenters. The molecule has 72 valence electrons. The molecule has 2 nitrogen and oxygen atoms in total. The van der Waals surface area contributed by atoms with Gasteiger partial charge in [-0.25, -0.2) is 0 Å². The Hall–Kier alpha value is -0.370. The number of hydrogen-bond acceptors (Lipinski definition) is 2. The van der Waals surface area contributed by atoms with E-state index in [1.165, 1.54) is 0 Å². The first kappa shape index (κ1) is 11.6. The number of carbonyl (C=O) groups excluding carboxylic acids is 1. The molecule has 0 aromatic heterocycles. The maximum atomic E-state index is 11.1. The Morgan fingerprint density at radius 3 is 2.50 bits per heavy atom. The molecule has 12 heavy (non-hydrogen) atoms. The van der Waals surface area contributed by atoms with Crippen molar-refractivity contribution < 1.29 is 4.79 Å². The van der Waals surface area contributed by atoms with Crippen molar-refractivity contribution >= 4 is 5.78 Å². The third-order valence-electron chi connectivity index (χ3n) is 2.08. The van der Waals surface area contributed by atoms with E-state index in [9.17, 15) is 4.79 Å². The van der Waals surface area contributed by atoms with Crippen LogP contribution in [0, 0.1) is 0 Å². The first-order valence-corrected chi connectivity index (χ1v) is 4.98. The first-order valence-electron chi connectivity index (χ1n) is 4.98. The van der Waals surface area contributed by atoms with Gasteiger partial charge in [0.2, 0.25) is 0 Å². The van der Waals surface area contributed by atoms with Crippen molar-refractivity contribution in [3.63, 3.8) is 0 Å². The highest BCUT2D eigenvalue weighted by atomic mass is 16.1. The van der Waals surface area contributed by atoms with Crippen LogP contribution in [-0.4, -0.2) is 11.8 Å². The molecule has 0 saturated carbocycles. The molecule has 0 bridgehead atoms. The van der Waals surface area contributed by atoms with Crippen LogP contribution in [0.5, 0.6) is 0 Å². The molecular weight excluding hydrogens is 150 g/mol. The smallest absolute Gasteiger partial charge is 0.132 e. The van der Waals surface area contributed by atoms with Gasteiger partial charge in [-0.2, -0.15) is 0 Å². The van der Waals surface area contributed by atoms with Crippen LogP contribution in [0.2, 0.25) is 0 Å². The fourth-order valence-electron chi connectivity index (χ4n) is 1.17. The Balaban J connectivity index is 3.24. The molecule has 0 aromatic carbocycles. The van der Waals surface area contributed by atoms with Gasteiger partial charge in [0, 0.05) is 18.9 Å². The van der Waals surface area contributed by atoms with Crippen LogP contribution in [0.3, 0.4) is 0 Å². The van der Waals surface area contributed by atoms with E-state index in [2.05, 4.69) is 6.92 Å². The summed E-state index contributed by atoms with van der Waals surface area (Å²) in [6.07, 6.45) is 5.41. The summed E-state index contributed by atoms with van der Waals surface area (Å²) in [6.45, 7) is 4.12. The molecule has 0 saturated heterocycles. The molecule has 0 aliphatic heterocycles. The SMILES string of the molecule is CCCC(=O)CCCC(N)CC. The summed E-state index contributed by atoms with van der Waals surface area (Å²) in [7, 11) is 0. The molecule has 1 atom stereocenters. The van der Waals surface area contributed by atoms with Gasteiger partial charge in [-0.05, 0) is 25.7 Å². The van der Waals surface area contributed by atoms with Gasteiger partial charge in [0.1, 0.15) is 5.78 Å². The Morgan fingerprint density at radius 1 is 1.33 bits per heavy atom. The van der Waals surface area contributed by atoms with E-state index >= 15 is 0 Å². The molecule has 0 amide bonds. The predicted molar refractivity (Wildman–Crippen MR) is 52.0 cm³/mol. The van der Waals surface area contributed by atoms with E-state index in [0.29, 0.717) is 11.8 Å². The van der Waals surface area contributed by atoms with Crippen molar-refractivity contribution in [3.8, 4) is 0 Å². The van der Waals surface area contributed by atoms with Gasteiger partial charge < -0.3 is 5.73 Å². The van der Waals surface area contributed by atoms with Gasteiger partial charge in [0.05, 0.1) is 0 Å². The molecule has 2 N–H and O–H groups in total. The minimum atomic E-state index is 0.291. The van der Waals surface area contributed by atoms with Crippen molar-refractivity contribution in [2.45, 2.75) is 58.4 Å². The lowest BCUT2D eigenvalue weighted by molar-refractivity contribution is -0.119. The average molecular weight is 171 g/mol. The van der Waals surface area contributed by atoms with Crippen LogP contribution in [0.1, 0.15) is 52.4 Å². The maximum absolute atomic E-state index is 11.1. The number of hydrogen-bond donors (Lipinski definition) is 1. The molecule has 0 fully saturated rings. The van der Waals surface area contributed by atoms with Crippen molar-refractivity contribution in [3.05, 3.63) is 0 Å². The molecule has 0 rings (SSSR count). The van der Waals surface area contributed by atoms with Gasteiger partial charge in [0.25, 0.3) is 0 Å². The van der Waals surface area contributed by atoms with Crippen molar-refractivity contribution in [1.29, 1.82) is 0 Å². The third-order valence-corrected chi connectivity index (χ3v) is 2.08. The van der Waals surface area contributed by atoms with Crippen LogP contribution >= 0.6 is 0 Å². The monoisotopic (exact) mass is 171 g/mol. The summed E-state index contributed by atoms with van der Waals surface area (Å²) in [5.74, 6) is 0.390. The molecule has 0 aliphatic rings. The number of carbonyl (C=O) groups is 1. The number of ketones is 1. The van der Waals surface area contributed by atoms with Gasteiger partial charge >= 0.3 is 0 Å². The van der Waals surface area contributed by atoms with Crippen LogP contribution in [0.15, 0.2) is 0 Å². The first-order chi connectivity index (χ1) is 5.70. The fraction of sp³-hybridized carbons (Fsp3) is 0.900. The van der Waals surface area contributed by atoms with E-state index < -0.39 is 0 Å². The lowest BCUT2D eigenvalue weighted by atomic mass is 10.0. The summed E-state index contributed by atoms with van der Waals surface area (Å²) < 4.78 is 0. The Morgan fingerprint density at radius 2 is 2.00 bits per heavy atom. The number of Topliss-reactive ketones (excluding diaryl/α,β-unsaturated/α-hetero) is 1. The molecule has 0 aromatic rings. The fourth-order valence-corrected chi connectivity index (χ4v) is 1.17. The van der Waals surface area contributed by atoms with Crippen molar-refractivity contribution in [1.82, 2.24) is 0 Å². The summed E-state index contributed by atoms with van der Waals surface area (Å²) in [5.41, 5.74) is 5.72. The van der Waals surface area contributed by atoms with Crippen molar-refractivity contribution in [2.75, 3.05) is 0 Å². The second-order valence-electron chi connectivity index (χ2n) is 3.35. The van der Waals surface area contributed by atoms with E-state index in [4.69, 9.17) is 5.73 Å². The van der Waals surface area contributed by atoms with Gasteiger partial charge in [-0.15, -0.1) is 0 Å². The van der Waals surface area contributed by atoms with Crippen LogP contribution < -0.4 is 5.73 Å². The average Bonchev–Trinajstić information content (AvgIpc) is 2.04. The van der Waals surface area contributed by atoms with E-state index in [0.717, 1.165) is 38.5 Å². The van der Waals surface area contributed by atoms with Crippen LogP contribution in [0.4, 0.5) is 0 Å². The molecule has 2 heteroatoms. The zero-order valence-electron chi connectivity index (χ0n) is 8.31. The Kier molecular flexibility index (Phi) is 7.06. The zero-order chi connectivity index (χ0) is 9.40. The summed E-state index contributed by atoms with van der Waals surface area (Å²) in [6, 6.07) is 0.291.